The van der Waals surface area contributed by atoms with Crippen LogP contribution in [0.4, 0.5) is 30.4 Å². The van der Waals surface area contributed by atoms with Crippen LogP contribution in [0.25, 0.3) is 0 Å². The predicted molar refractivity (Wildman–Crippen MR) is 115 cm³/mol. The van der Waals surface area contributed by atoms with Gasteiger partial charge < -0.3 is 9.80 Å². The Morgan fingerprint density at radius 3 is 2.12 bits per heavy atom. The molecule has 2 aliphatic heterocycles. The number of nitrogens with zero attached hydrogens (tertiary/aromatic N) is 5. The molecule has 2 saturated heterocycles. The number of aromatic nitrogens is 1. The molecule has 13 heteroatoms. The van der Waals surface area contributed by atoms with Gasteiger partial charge in [-0.1, -0.05) is 0 Å². The Labute approximate surface area is 188 Å². The van der Waals surface area contributed by atoms with E-state index in [2.05, 4.69) is 4.98 Å². The summed E-state index contributed by atoms with van der Waals surface area (Å²) < 4.78 is 65.5. The van der Waals surface area contributed by atoms with Crippen molar-refractivity contribution in [1.82, 2.24) is 9.29 Å². The van der Waals surface area contributed by atoms with Gasteiger partial charge in [0.25, 0.3) is 5.69 Å². The molecular weight excluding hydrogens is 463 g/mol. The first-order chi connectivity index (χ1) is 15.6. The molecule has 0 radical (unpaired) electrons. The summed E-state index contributed by atoms with van der Waals surface area (Å²) >= 11 is 0. The number of alkyl halides is 3. The van der Waals surface area contributed by atoms with Gasteiger partial charge in [0.2, 0.25) is 10.0 Å². The number of halogens is 3. The van der Waals surface area contributed by atoms with E-state index in [0.29, 0.717) is 51.2 Å². The fourth-order valence-electron chi connectivity index (χ4n) is 4.08. The Kier molecular flexibility index (Phi) is 6.18. The highest BCUT2D eigenvalue weighted by molar-refractivity contribution is 7.89. The number of piperazine rings is 1. The number of hydrogen-bond donors (Lipinski definition) is 0. The van der Waals surface area contributed by atoms with Crippen molar-refractivity contribution < 1.29 is 26.5 Å². The largest absolute Gasteiger partial charge is 0.416 e. The summed E-state index contributed by atoms with van der Waals surface area (Å²) in [6, 6.07) is 5.67. The monoisotopic (exact) mass is 485 g/mol. The lowest BCUT2D eigenvalue weighted by Gasteiger charge is -2.36. The summed E-state index contributed by atoms with van der Waals surface area (Å²) in [7, 11) is -3.56. The predicted octanol–water partition coefficient (Wildman–Crippen LogP) is 3.12. The summed E-state index contributed by atoms with van der Waals surface area (Å²) in [5.41, 5.74) is -1.52. The van der Waals surface area contributed by atoms with Crippen molar-refractivity contribution in [3.63, 3.8) is 0 Å². The summed E-state index contributed by atoms with van der Waals surface area (Å²) in [4.78, 5) is 18.6. The quantitative estimate of drug-likeness (QED) is 0.474. The molecule has 0 atom stereocenters. The zero-order valence-corrected chi connectivity index (χ0v) is 18.3. The van der Waals surface area contributed by atoms with Crippen molar-refractivity contribution >= 4 is 27.2 Å². The first-order valence-corrected chi connectivity index (χ1v) is 11.8. The number of nitro groups is 1. The van der Waals surface area contributed by atoms with Gasteiger partial charge in [0.15, 0.2) is 0 Å². The number of sulfonamides is 1. The molecular formula is C20H22F3N5O4S. The molecule has 0 unspecified atom stereocenters. The van der Waals surface area contributed by atoms with Crippen LogP contribution in [0.1, 0.15) is 18.4 Å². The maximum atomic E-state index is 12.9. The van der Waals surface area contributed by atoms with Gasteiger partial charge in [-0.05, 0) is 37.1 Å². The van der Waals surface area contributed by atoms with E-state index >= 15 is 0 Å². The number of nitro benzene ring substituents is 1. The van der Waals surface area contributed by atoms with E-state index in [4.69, 9.17) is 0 Å². The molecule has 0 amide bonds. The zero-order chi connectivity index (χ0) is 23.8. The standard InChI is InChI=1S/C20H22F3N5O4S/c21-20(22,23)15-3-5-17(18(13-15)28(29)30)25-9-11-26(12-10-25)19-6-4-16(14-24-19)33(31,32)27-7-1-2-8-27/h3-6,13-14H,1-2,7-12H2. The number of benzene rings is 1. The van der Waals surface area contributed by atoms with Gasteiger partial charge in [-0.3, -0.25) is 10.1 Å². The average molecular weight is 485 g/mol. The minimum atomic E-state index is -4.66. The van der Waals surface area contributed by atoms with Crippen molar-refractivity contribution in [1.29, 1.82) is 0 Å². The van der Waals surface area contributed by atoms with Crippen LogP contribution < -0.4 is 9.80 Å². The molecule has 4 rings (SSSR count). The molecule has 33 heavy (non-hydrogen) atoms. The summed E-state index contributed by atoms with van der Waals surface area (Å²) in [6.45, 7) is 2.51. The third kappa shape index (κ3) is 4.74. The second-order valence-corrected chi connectivity index (χ2v) is 9.83. The molecule has 2 aliphatic rings. The van der Waals surface area contributed by atoms with Gasteiger partial charge in [-0.15, -0.1) is 0 Å². The van der Waals surface area contributed by atoms with Crippen LogP contribution in [0.15, 0.2) is 41.4 Å². The molecule has 178 valence electrons. The van der Waals surface area contributed by atoms with Crippen LogP contribution in [-0.4, -0.2) is 61.9 Å². The Bertz CT molecular complexity index is 1130. The average Bonchev–Trinajstić information content (AvgIpc) is 3.34. The van der Waals surface area contributed by atoms with Crippen molar-refractivity contribution in [3.05, 3.63) is 52.2 Å². The Morgan fingerprint density at radius 1 is 0.939 bits per heavy atom. The van der Waals surface area contributed by atoms with Crippen LogP contribution in [0, 0.1) is 10.1 Å². The van der Waals surface area contributed by atoms with Gasteiger partial charge in [0.05, 0.1) is 10.5 Å². The SMILES string of the molecule is O=[N+]([O-])c1cc(C(F)(F)F)ccc1N1CCN(c2ccc(S(=O)(=O)N3CCCC3)cn2)CC1. The van der Waals surface area contributed by atoms with E-state index < -0.39 is 32.4 Å². The number of pyridine rings is 1. The van der Waals surface area contributed by atoms with Crippen molar-refractivity contribution in [2.45, 2.75) is 23.9 Å². The molecule has 0 N–H and O–H groups in total. The van der Waals surface area contributed by atoms with Gasteiger partial charge >= 0.3 is 6.18 Å². The van der Waals surface area contributed by atoms with E-state index in [9.17, 15) is 31.7 Å². The third-order valence-corrected chi connectivity index (χ3v) is 7.75. The van der Waals surface area contributed by atoms with E-state index in [0.717, 1.165) is 25.0 Å². The van der Waals surface area contributed by atoms with Crippen LogP contribution in [-0.2, 0) is 16.2 Å². The number of hydrogen-bond acceptors (Lipinski definition) is 7. The molecule has 0 bridgehead atoms. The van der Waals surface area contributed by atoms with Crippen molar-refractivity contribution in [2.75, 3.05) is 49.1 Å². The van der Waals surface area contributed by atoms with Crippen LogP contribution >= 0.6 is 0 Å². The summed E-state index contributed by atoms with van der Waals surface area (Å²) in [5, 5.41) is 11.4. The van der Waals surface area contributed by atoms with E-state index in [1.165, 1.54) is 16.6 Å². The van der Waals surface area contributed by atoms with E-state index in [-0.39, 0.29) is 10.6 Å². The highest BCUT2D eigenvalue weighted by Gasteiger charge is 2.34. The molecule has 0 saturated carbocycles. The minimum Gasteiger partial charge on any atom is -0.362 e. The Hall–Kier alpha value is -2.93. The highest BCUT2D eigenvalue weighted by atomic mass is 32.2. The van der Waals surface area contributed by atoms with Crippen LogP contribution in [0.5, 0.6) is 0 Å². The second kappa shape index (κ2) is 8.78. The molecule has 2 fully saturated rings. The lowest BCUT2D eigenvalue weighted by molar-refractivity contribution is -0.384. The molecule has 9 nitrogen and oxygen atoms in total. The topological polar surface area (TPSA) is 99.9 Å². The first-order valence-electron chi connectivity index (χ1n) is 10.4. The second-order valence-electron chi connectivity index (χ2n) is 7.90. The smallest absolute Gasteiger partial charge is 0.362 e. The molecule has 1 aromatic heterocycles. The van der Waals surface area contributed by atoms with E-state index in [1.54, 1.807) is 11.0 Å². The lowest BCUT2D eigenvalue weighted by Crippen LogP contribution is -2.47. The van der Waals surface area contributed by atoms with Crippen LogP contribution in [0.3, 0.4) is 0 Å². The van der Waals surface area contributed by atoms with Gasteiger partial charge in [0, 0.05) is 51.5 Å². The maximum absolute atomic E-state index is 12.9. The summed E-state index contributed by atoms with van der Waals surface area (Å²) in [5.74, 6) is 0.567. The summed E-state index contributed by atoms with van der Waals surface area (Å²) in [6.07, 6.45) is -1.66. The molecule has 0 aliphatic carbocycles. The van der Waals surface area contributed by atoms with Gasteiger partial charge in [-0.2, -0.15) is 17.5 Å². The highest BCUT2D eigenvalue weighted by Crippen LogP contribution is 2.37. The molecule has 3 heterocycles. The normalized spacial score (nSPS) is 18.0. The lowest BCUT2D eigenvalue weighted by atomic mass is 10.1. The Balaban J connectivity index is 1.46. The van der Waals surface area contributed by atoms with E-state index in [1.807, 2.05) is 4.90 Å². The fraction of sp³-hybridized carbons (Fsp3) is 0.450. The zero-order valence-electron chi connectivity index (χ0n) is 17.5. The molecule has 0 spiro atoms. The first kappa shape index (κ1) is 23.2. The Morgan fingerprint density at radius 2 is 1.58 bits per heavy atom. The molecule has 2 aromatic rings. The van der Waals surface area contributed by atoms with Crippen molar-refractivity contribution in [3.8, 4) is 0 Å². The van der Waals surface area contributed by atoms with Crippen molar-refractivity contribution in [2.24, 2.45) is 0 Å². The van der Waals surface area contributed by atoms with Gasteiger partial charge in [-0.25, -0.2) is 13.4 Å². The van der Waals surface area contributed by atoms with Crippen LogP contribution in [0.2, 0.25) is 0 Å². The molecule has 1 aromatic carbocycles. The number of anilines is 2. The minimum absolute atomic E-state index is 0.132. The van der Waals surface area contributed by atoms with Gasteiger partial charge in [0.1, 0.15) is 16.4 Å². The third-order valence-electron chi connectivity index (χ3n) is 5.87. The fourth-order valence-corrected chi connectivity index (χ4v) is 5.54. The maximum Gasteiger partial charge on any atom is 0.416 e. The number of rotatable bonds is 5.